The average molecular weight is 562 g/mol. The molecule has 0 spiro atoms. The van der Waals surface area contributed by atoms with Crippen LogP contribution in [0, 0.1) is 0 Å². The van der Waals surface area contributed by atoms with Gasteiger partial charge in [0.1, 0.15) is 0 Å². The van der Waals surface area contributed by atoms with Crippen LogP contribution in [0.3, 0.4) is 0 Å². The first kappa shape index (κ1) is 26.6. The third-order valence-corrected chi connectivity index (χ3v) is 8.69. The number of carbonyl (C=O) groups excluding carboxylic acids is 1. The first-order chi connectivity index (χ1) is 20.4. The smallest absolute Gasteiger partial charge is 0.272 e. The van der Waals surface area contributed by atoms with Crippen LogP contribution in [0.5, 0.6) is 0 Å². The fourth-order valence-electron chi connectivity index (χ4n) is 6.22. The zero-order valence-electron chi connectivity index (χ0n) is 23.8. The number of imidazole rings is 1. The van der Waals surface area contributed by atoms with Crippen molar-refractivity contribution >= 4 is 28.1 Å². The highest BCUT2D eigenvalue weighted by Gasteiger charge is 2.30. The summed E-state index contributed by atoms with van der Waals surface area (Å²) in [6.07, 6.45) is 6.38. The minimum atomic E-state index is -0.672. The molecule has 0 unspecified atom stereocenters. The lowest BCUT2D eigenvalue weighted by Crippen LogP contribution is -2.43. The molecule has 5 aromatic rings. The van der Waals surface area contributed by atoms with Crippen molar-refractivity contribution in [3.8, 4) is 22.4 Å². The van der Waals surface area contributed by atoms with Crippen molar-refractivity contribution in [2.45, 2.75) is 44.2 Å². The molecule has 7 rings (SSSR count). The van der Waals surface area contributed by atoms with E-state index in [4.69, 9.17) is 10.1 Å². The predicted molar refractivity (Wildman–Crippen MR) is 165 cm³/mol. The fraction of sp³-hybridized carbons (Fsp3) is 0.333. The second-order valence-electron chi connectivity index (χ2n) is 11.7. The number of nitrogens with zero attached hydrogens (tertiary/aromatic N) is 5. The predicted octanol–water partition coefficient (Wildman–Crippen LogP) is 4.44. The standard InChI is InChI=1S/C33H35N7O2/c1-33(42)13-10-23(11-14-33)37-32(41)31-27(22-6-8-24(9-7-22)39-18-16-34-17-19-39)20-30-36-21-29(40(30)38-31)26-12-15-35-28-5-3-2-4-25(26)28/h2-9,12,15,20-21,23,34,42H,10-11,13-14,16-19H2,1H3,(H,37,41)/t23-,33-. The summed E-state index contributed by atoms with van der Waals surface area (Å²) in [4.78, 5) is 25.5. The summed E-state index contributed by atoms with van der Waals surface area (Å²) in [5.74, 6) is -0.219. The number of amides is 1. The summed E-state index contributed by atoms with van der Waals surface area (Å²) in [5, 5.41) is 23.0. The van der Waals surface area contributed by atoms with Gasteiger partial charge in [-0.05, 0) is 68.5 Å². The van der Waals surface area contributed by atoms with Gasteiger partial charge in [-0.3, -0.25) is 9.78 Å². The number of pyridine rings is 1. The van der Waals surface area contributed by atoms with Gasteiger partial charge in [0.05, 0.1) is 23.0 Å². The quantitative estimate of drug-likeness (QED) is 0.291. The number of anilines is 1. The highest BCUT2D eigenvalue weighted by atomic mass is 16.3. The van der Waals surface area contributed by atoms with E-state index in [0.29, 0.717) is 24.2 Å². The monoisotopic (exact) mass is 561 g/mol. The van der Waals surface area contributed by atoms with Gasteiger partial charge in [-0.1, -0.05) is 30.3 Å². The van der Waals surface area contributed by atoms with Crippen LogP contribution >= 0.6 is 0 Å². The lowest BCUT2D eigenvalue weighted by atomic mass is 9.83. The van der Waals surface area contributed by atoms with Gasteiger partial charge < -0.3 is 20.6 Å². The Kier molecular flexibility index (Phi) is 6.84. The summed E-state index contributed by atoms with van der Waals surface area (Å²) in [5.41, 5.74) is 5.81. The van der Waals surface area contributed by atoms with Crippen molar-refractivity contribution in [1.82, 2.24) is 30.2 Å². The molecular weight excluding hydrogens is 526 g/mol. The Morgan fingerprint density at radius 1 is 1.00 bits per heavy atom. The van der Waals surface area contributed by atoms with Crippen molar-refractivity contribution < 1.29 is 9.90 Å². The van der Waals surface area contributed by atoms with Crippen LogP contribution in [0.25, 0.3) is 38.9 Å². The van der Waals surface area contributed by atoms with Crippen molar-refractivity contribution in [3.63, 3.8) is 0 Å². The topological polar surface area (TPSA) is 108 Å². The highest BCUT2D eigenvalue weighted by Crippen LogP contribution is 2.32. The van der Waals surface area contributed by atoms with Gasteiger partial charge in [-0.15, -0.1) is 0 Å². The number of carbonyl (C=O) groups is 1. The van der Waals surface area contributed by atoms with Crippen LogP contribution in [0.2, 0.25) is 0 Å². The summed E-state index contributed by atoms with van der Waals surface area (Å²) >= 11 is 0. The maximum absolute atomic E-state index is 13.9. The lowest BCUT2D eigenvalue weighted by Gasteiger charge is -2.33. The number of aliphatic hydroxyl groups is 1. The summed E-state index contributed by atoms with van der Waals surface area (Å²) in [6.45, 7) is 5.74. The van der Waals surface area contributed by atoms with E-state index in [1.807, 2.05) is 49.5 Å². The van der Waals surface area contributed by atoms with E-state index in [0.717, 1.165) is 72.3 Å². The molecule has 42 heavy (non-hydrogen) atoms. The highest BCUT2D eigenvalue weighted by molar-refractivity contribution is 6.00. The zero-order valence-corrected chi connectivity index (χ0v) is 23.8. The van der Waals surface area contributed by atoms with Crippen LogP contribution < -0.4 is 15.5 Å². The average Bonchev–Trinajstić information content (AvgIpc) is 3.44. The number of aromatic nitrogens is 4. The Balaban J connectivity index is 1.30. The van der Waals surface area contributed by atoms with Crippen LogP contribution in [0.15, 0.2) is 73.1 Å². The number of fused-ring (bicyclic) bond motifs is 2. The third kappa shape index (κ3) is 5.10. The Labute approximate surface area is 244 Å². The minimum Gasteiger partial charge on any atom is -0.390 e. The molecule has 3 N–H and O–H groups in total. The second-order valence-corrected chi connectivity index (χ2v) is 11.7. The maximum atomic E-state index is 13.9. The van der Waals surface area contributed by atoms with E-state index < -0.39 is 5.60 Å². The Morgan fingerprint density at radius 3 is 2.55 bits per heavy atom. The molecular formula is C33H35N7O2. The number of hydrogen-bond acceptors (Lipinski definition) is 7. The molecule has 3 aromatic heterocycles. The number of nitrogens with one attached hydrogen (secondary N) is 2. The van der Waals surface area contributed by atoms with Crippen molar-refractivity contribution in [2.75, 3.05) is 31.1 Å². The van der Waals surface area contributed by atoms with Crippen LogP contribution in [0.4, 0.5) is 5.69 Å². The second kappa shape index (κ2) is 10.8. The van der Waals surface area contributed by atoms with Crippen LogP contribution in [-0.2, 0) is 0 Å². The van der Waals surface area contributed by atoms with E-state index in [9.17, 15) is 9.90 Å². The third-order valence-electron chi connectivity index (χ3n) is 8.69. The largest absolute Gasteiger partial charge is 0.390 e. The molecule has 1 saturated carbocycles. The Morgan fingerprint density at radius 2 is 1.76 bits per heavy atom. The molecule has 2 fully saturated rings. The minimum absolute atomic E-state index is 0.00967. The summed E-state index contributed by atoms with van der Waals surface area (Å²) in [6, 6.07) is 20.3. The number of hydrogen-bond donors (Lipinski definition) is 3. The van der Waals surface area contributed by atoms with Gasteiger partial charge in [0.25, 0.3) is 5.91 Å². The van der Waals surface area contributed by atoms with Crippen molar-refractivity contribution in [3.05, 3.63) is 78.8 Å². The van der Waals surface area contributed by atoms with Crippen LogP contribution in [0.1, 0.15) is 43.1 Å². The van der Waals surface area contributed by atoms with Gasteiger partial charge in [0.15, 0.2) is 11.3 Å². The Bertz CT molecular complexity index is 1740. The number of rotatable bonds is 5. The molecule has 1 saturated heterocycles. The molecule has 214 valence electrons. The van der Waals surface area contributed by atoms with E-state index in [-0.39, 0.29) is 11.9 Å². The molecule has 1 amide bonds. The van der Waals surface area contributed by atoms with Gasteiger partial charge in [0.2, 0.25) is 0 Å². The number of para-hydroxylation sites is 1. The number of piperazine rings is 1. The maximum Gasteiger partial charge on any atom is 0.272 e. The molecule has 9 nitrogen and oxygen atoms in total. The molecule has 4 heterocycles. The molecule has 2 aliphatic rings. The molecule has 0 radical (unpaired) electrons. The van der Waals surface area contributed by atoms with E-state index >= 15 is 0 Å². The van der Waals surface area contributed by atoms with Gasteiger partial charge in [0, 0.05) is 60.6 Å². The fourth-order valence-corrected chi connectivity index (χ4v) is 6.22. The lowest BCUT2D eigenvalue weighted by molar-refractivity contribution is 0.0140. The molecule has 1 aliphatic carbocycles. The first-order valence-electron chi connectivity index (χ1n) is 14.8. The number of benzene rings is 2. The van der Waals surface area contributed by atoms with E-state index in [2.05, 4.69) is 44.8 Å². The normalized spacial score (nSPS) is 21.1. The van der Waals surface area contributed by atoms with Crippen molar-refractivity contribution in [2.24, 2.45) is 0 Å². The first-order valence-corrected chi connectivity index (χ1v) is 14.8. The zero-order chi connectivity index (χ0) is 28.7. The van der Waals surface area contributed by atoms with Gasteiger partial charge >= 0.3 is 0 Å². The summed E-state index contributed by atoms with van der Waals surface area (Å²) in [7, 11) is 0. The van der Waals surface area contributed by atoms with Crippen molar-refractivity contribution in [1.29, 1.82) is 0 Å². The van der Waals surface area contributed by atoms with Crippen LogP contribution in [-0.4, -0.2) is 68.4 Å². The van der Waals surface area contributed by atoms with E-state index in [1.54, 1.807) is 10.7 Å². The molecule has 2 aromatic carbocycles. The SMILES string of the molecule is C[C@]1(O)CC[C@H](NC(=O)c2nn3c(-c4ccnc5ccccc45)cnc3cc2-c2ccc(N3CCNCC3)cc2)CC1. The van der Waals surface area contributed by atoms with Gasteiger partial charge in [-0.25, -0.2) is 9.50 Å². The molecule has 1 aliphatic heterocycles. The molecule has 0 bridgehead atoms. The Hall–Kier alpha value is -4.34. The van der Waals surface area contributed by atoms with Gasteiger partial charge in [-0.2, -0.15) is 5.10 Å². The molecule has 0 atom stereocenters. The molecule has 9 heteroatoms. The summed E-state index contributed by atoms with van der Waals surface area (Å²) < 4.78 is 1.76. The van der Waals surface area contributed by atoms with E-state index in [1.165, 1.54) is 5.69 Å².